The quantitative estimate of drug-likeness (QED) is 0.0962. The van der Waals surface area contributed by atoms with E-state index in [-0.39, 0.29) is 17.7 Å². The van der Waals surface area contributed by atoms with Crippen LogP contribution in [-0.4, -0.2) is 66.3 Å². The highest BCUT2D eigenvalue weighted by Gasteiger charge is 2.35. The third-order valence-electron chi connectivity index (χ3n) is 4.93. The molecule has 8 nitrogen and oxygen atoms in total. The molecule has 158 valence electrons. The zero-order valence-electron chi connectivity index (χ0n) is 16.8. The van der Waals surface area contributed by atoms with Gasteiger partial charge in [0.2, 0.25) is 5.91 Å². The lowest BCUT2D eigenvalue weighted by atomic mass is 10.0. The van der Waals surface area contributed by atoms with E-state index in [1.807, 2.05) is 13.8 Å². The Morgan fingerprint density at radius 1 is 1.39 bits per heavy atom. The van der Waals surface area contributed by atoms with Crippen molar-refractivity contribution in [3.8, 4) is 0 Å². The molecule has 1 heterocycles. The molecule has 2 rings (SSSR count). The summed E-state index contributed by atoms with van der Waals surface area (Å²) < 4.78 is 8.09. The van der Waals surface area contributed by atoms with E-state index < -0.39 is 12.1 Å². The van der Waals surface area contributed by atoms with Crippen LogP contribution in [0, 0.1) is 11.3 Å². The molecule has 0 spiro atoms. The Morgan fingerprint density at radius 3 is 2.79 bits per heavy atom. The normalized spacial score (nSPS) is 21.1. The molecule has 3 unspecified atom stereocenters. The number of amides is 2. The van der Waals surface area contributed by atoms with Crippen molar-refractivity contribution in [1.82, 2.24) is 20.3 Å². The van der Waals surface area contributed by atoms with E-state index in [1.165, 1.54) is 11.9 Å². The monoisotopic (exact) mass is 411 g/mol. The van der Waals surface area contributed by atoms with Gasteiger partial charge in [0.05, 0.1) is 13.3 Å². The van der Waals surface area contributed by atoms with Crippen LogP contribution < -0.4 is 15.4 Å². The van der Waals surface area contributed by atoms with Crippen molar-refractivity contribution in [3.63, 3.8) is 0 Å². The van der Waals surface area contributed by atoms with Crippen molar-refractivity contribution >= 4 is 29.6 Å². The summed E-state index contributed by atoms with van der Waals surface area (Å²) in [6, 6.07) is -1.09. The first-order valence-electron chi connectivity index (χ1n) is 9.98. The predicted octanol–water partition coefficient (Wildman–Crippen LogP) is 1.25. The smallest absolute Gasteiger partial charge is 0.252 e. The number of amidine groups is 1. The lowest BCUT2D eigenvalue weighted by Gasteiger charge is -2.29. The summed E-state index contributed by atoms with van der Waals surface area (Å²) >= 11 is 1.43. The van der Waals surface area contributed by atoms with Crippen LogP contribution in [0.5, 0.6) is 0 Å². The third-order valence-corrected chi connectivity index (χ3v) is 6.05. The van der Waals surface area contributed by atoms with Gasteiger partial charge in [0.15, 0.2) is 0 Å². The Balaban J connectivity index is 1.91. The molecule has 28 heavy (non-hydrogen) atoms. The zero-order chi connectivity index (χ0) is 20.5. The first kappa shape index (κ1) is 22.7. The summed E-state index contributed by atoms with van der Waals surface area (Å²) in [7, 11) is 0. The topological polar surface area (TPSA) is 107 Å². The Morgan fingerprint density at radius 2 is 2.14 bits per heavy atom. The highest BCUT2D eigenvalue weighted by Crippen LogP contribution is 2.32. The molecule has 1 aliphatic heterocycles. The summed E-state index contributed by atoms with van der Waals surface area (Å²) in [6.45, 7) is 9.54. The molecule has 3 atom stereocenters. The van der Waals surface area contributed by atoms with Crippen molar-refractivity contribution in [2.24, 2.45) is 5.92 Å². The van der Waals surface area contributed by atoms with Gasteiger partial charge in [-0.25, -0.2) is 0 Å². The number of likely N-dealkylation sites (tertiary alicyclic amines) is 1. The molecule has 1 saturated heterocycles. The zero-order valence-corrected chi connectivity index (χ0v) is 17.6. The average molecular weight is 412 g/mol. The summed E-state index contributed by atoms with van der Waals surface area (Å²) in [6.07, 6.45) is 5.44. The molecule has 2 amide bonds. The minimum absolute atomic E-state index is 0.189. The van der Waals surface area contributed by atoms with Gasteiger partial charge in [-0.1, -0.05) is 13.0 Å². The molecule has 1 aliphatic carbocycles. The number of carbonyl (C=O) groups excluding carboxylic acids is 2. The number of nitrogens with one attached hydrogen (secondary N) is 4. The second-order valence-electron chi connectivity index (χ2n) is 7.23. The highest BCUT2D eigenvalue weighted by atomic mass is 32.2. The number of carbonyl (C=O) groups is 2. The van der Waals surface area contributed by atoms with Gasteiger partial charge >= 0.3 is 0 Å². The lowest BCUT2D eigenvalue weighted by molar-refractivity contribution is -0.130. The predicted molar refractivity (Wildman–Crippen MR) is 112 cm³/mol. The van der Waals surface area contributed by atoms with E-state index in [0.717, 1.165) is 19.3 Å². The van der Waals surface area contributed by atoms with Gasteiger partial charge in [-0.05, 0) is 44.6 Å². The van der Waals surface area contributed by atoms with E-state index in [0.29, 0.717) is 43.9 Å². The highest BCUT2D eigenvalue weighted by molar-refractivity contribution is 7.98. The molecule has 2 aliphatic rings. The van der Waals surface area contributed by atoms with Crippen LogP contribution in [0.25, 0.3) is 0 Å². The van der Waals surface area contributed by atoms with Crippen LogP contribution in [-0.2, 0) is 14.3 Å². The molecule has 0 aromatic rings. The molecule has 0 bridgehead atoms. The Kier molecular flexibility index (Phi) is 9.27. The Bertz CT molecular complexity index is 570. The van der Waals surface area contributed by atoms with E-state index in [2.05, 4.69) is 21.9 Å². The molecular formula is C19H33N5O3S. The van der Waals surface area contributed by atoms with Gasteiger partial charge in [-0.3, -0.25) is 25.0 Å². The summed E-state index contributed by atoms with van der Waals surface area (Å²) in [4.78, 5) is 27.3. The fourth-order valence-corrected chi connectivity index (χ4v) is 3.80. The Labute approximate surface area is 171 Å². The first-order valence-corrected chi connectivity index (χ1v) is 10.9. The number of rotatable bonds is 12. The van der Waals surface area contributed by atoms with Gasteiger partial charge in [-0.15, -0.1) is 6.58 Å². The maximum Gasteiger partial charge on any atom is 0.252 e. The number of hydrogen-bond donors (Lipinski definition) is 4. The molecule has 0 aromatic carbocycles. The molecule has 4 N–H and O–H groups in total. The van der Waals surface area contributed by atoms with E-state index >= 15 is 0 Å². The Hall–Kier alpha value is -1.58. The second kappa shape index (κ2) is 11.4. The fourth-order valence-electron chi connectivity index (χ4n) is 3.02. The third kappa shape index (κ3) is 6.79. The number of ether oxygens (including phenoxy) is 1. The van der Waals surface area contributed by atoms with Crippen LogP contribution in [0.4, 0.5) is 0 Å². The summed E-state index contributed by atoms with van der Waals surface area (Å²) in [5.41, 5.74) is 0. The minimum Gasteiger partial charge on any atom is -0.367 e. The number of hydrogen-bond acceptors (Lipinski definition) is 6. The molecule has 2 fully saturated rings. The summed E-state index contributed by atoms with van der Waals surface area (Å²) in [5.74, 6) is -0.238. The first-order chi connectivity index (χ1) is 13.5. The maximum absolute atomic E-state index is 12.9. The van der Waals surface area contributed by atoms with Crippen LogP contribution >= 0.6 is 11.9 Å². The van der Waals surface area contributed by atoms with Crippen molar-refractivity contribution in [3.05, 3.63) is 12.7 Å². The van der Waals surface area contributed by atoms with Gasteiger partial charge < -0.3 is 15.0 Å². The van der Waals surface area contributed by atoms with Crippen LogP contribution in [0.2, 0.25) is 0 Å². The van der Waals surface area contributed by atoms with Gasteiger partial charge in [0.1, 0.15) is 17.9 Å². The average Bonchev–Trinajstić information content (AvgIpc) is 3.39. The largest absolute Gasteiger partial charge is 0.367 e. The van der Waals surface area contributed by atoms with Gasteiger partial charge in [0, 0.05) is 24.3 Å². The molecule has 9 heteroatoms. The second-order valence-corrected chi connectivity index (χ2v) is 8.33. The van der Waals surface area contributed by atoms with E-state index in [9.17, 15) is 9.59 Å². The number of nitrogens with zero attached hydrogens (tertiary/aromatic N) is 1. The van der Waals surface area contributed by atoms with Crippen LogP contribution in [0.3, 0.4) is 0 Å². The van der Waals surface area contributed by atoms with E-state index in [4.69, 9.17) is 10.1 Å². The molecule has 1 saturated carbocycles. The van der Waals surface area contributed by atoms with Crippen LogP contribution in [0.1, 0.15) is 39.5 Å². The SMILES string of the molecule is C=CC(C)C(NC(=O)C1CCCN1C(=N)CNCOCC)C(=O)NSC1CC1. The fraction of sp³-hybridized carbons (Fsp3) is 0.737. The van der Waals surface area contributed by atoms with Gasteiger partial charge in [0.25, 0.3) is 5.91 Å². The minimum atomic E-state index is -0.663. The standard InChI is InChI=1S/C19H33N5O3S/c1-4-13(3)17(19(26)23-28-14-8-9-14)22-18(25)15-7-6-10-24(15)16(20)11-21-12-27-5-2/h4,13-15,17,20-21H,1,5-12H2,2-3H3,(H,22,25)(H,23,26). The van der Waals surface area contributed by atoms with Crippen molar-refractivity contribution in [2.45, 2.75) is 56.9 Å². The van der Waals surface area contributed by atoms with Crippen molar-refractivity contribution < 1.29 is 14.3 Å². The van der Waals surface area contributed by atoms with Crippen molar-refractivity contribution in [1.29, 1.82) is 5.41 Å². The molecule has 0 aromatic heterocycles. The molecule has 0 radical (unpaired) electrons. The lowest BCUT2D eigenvalue weighted by Crippen LogP contribution is -2.55. The maximum atomic E-state index is 12.9. The van der Waals surface area contributed by atoms with Crippen LogP contribution in [0.15, 0.2) is 12.7 Å². The van der Waals surface area contributed by atoms with Crippen molar-refractivity contribution in [2.75, 3.05) is 26.4 Å². The van der Waals surface area contributed by atoms with E-state index in [1.54, 1.807) is 11.0 Å². The van der Waals surface area contributed by atoms with Gasteiger partial charge in [-0.2, -0.15) is 0 Å². The summed E-state index contributed by atoms with van der Waals surface area (Å²) in [5, 5.41) is 14.7. The molecular weight excluding hydrogens is 378 g/mol.